The lowest BCUT2D eigenvalue weighted by Crippen LogP contribution is -2.16. The van der Waals surface area contributed by atoms with Crippen LogP contribution in [0.15, 0.2) is 52.4 Å². The molecule has 0 aliphatic heterocycles. The molecule has 6 nitrogen and oxygen atoms in total. The van der Waals surface area contributed by atoms with Crippen molar-refractivity contribution in [3.8, 4) is 0 Å². The maximum atomic E-state index is 12.5. The molecular weight excluding hydrogens is 358 g/mol. The van der Waals surface area contributed by atoms with Crippen LogP contribution in [0.25, 0.3) is 10.2 Å². The Morgan fingerprint density at radius 1 is 1.32 bits per heavy atom. The first-order chi connectivity index (χ1) is 12.0. The lowest BCUT2D eigenvalue weighted by Gasteiger charge is -2.01. The fourth-order valence-corrected chi connectivity index (χ4v) is 4.00. The minimum atomic E-state index is -0.424. The Balaban J connectivity index is 2.12. The van der Waals surface area contributed by atoms with Gasteiger partial charge in [0.1, 0.15) is 0 Å². The molecule has 128 valence electrons. The summed E-state index contributed by atoms with van der Waals surface area (Å²) in [5.74, 6) is -0.320. The first-order valence-electron chi connectivity index (χ1n) is 7.54. The summed E-state index contributed by atoms with van der Waals surface area (Å²) in [6.45, 7) is 2.49. The molecule has 0 atom stereocenters. The number of aromatic nitrogens is 1. The van der Waals surface area contributed by atoms with E-state index in [-0.39, 0.29) is 11.6 Å². The number of nitrogens with zero attached hydrogens (tertiary/aromatic N) is 3. The second kappa shape index (κ2) is 7.20. The molecular formula is C17H15N3O3S2. The van der Waals surface area contributed by atoms with Gasteiger partial charge >= 0.3 is 0 Å². The highest BCUT2D eigenvalue weighted by Crippen LogP contribution is 2.23. The van der Waals surface area contributed by atoms with E-state index in [2.05, 4.69) is 4.99 Å². The molecule has 0 bridgehead atoms. The number of hydrogen-bond donors (Lipinski definition) is 0. The van der Waals surface area contributed by atoms with Gasteiger partial charge in [-0.25, -0.2) is 0 Å². The van der Waals surface area contributed by atoms with Gasteiger partial charge in [0.2, 0.25) is 0 Å². The molecule has 0 unspecified atom stereocenters. The standard InChI is InChI=1S/C17H15N3O3S2/c1-3-19-14-10-12(20(22)23)7-8-15(14)25-17(19)18-16(21)11-5-4-6-13(9-11)24-2/h4-10H,3H2,1-2H3. The van der Waals surface area contributed by atoms with Crippen LogP contribution in [0, 0.1) is 10.1 Å². The van der Waals surface area contributed by atoms with Gasteiger partial charge in [-0.3, -0.25) is 14.9 Å². The van der Waals surface area contributed by atoms with Crippen molar-refractivity contribution in [1.29, 1.82) is 0 Å². The normalized spacial score (nSPS) is 11.8. The fourth-order valence-electron chi connectivity index (χ4n) is 2.47. The van der Waals surface area contributed by atoms with Crippen molar-refractivity contribution in [3.05, 3.63) is 62.9 Å². The van der Waals surface area contributed by atoms with E-state index in [1.807, 2.05) is 35.9 Å². The van der Waals surface area contributed by atoms with E-state index < -0.39 is 4.92 Å². The second-order valence-electron chi connectivity index (χ2n) is 5.19. The zero-order valence-corrected chi connectivity index (χ0v) is 15.3. The lowest BCUT2D eigenvalue weighted by atomic mass is 10.2. The number of hydrogen-bond acceptors (Lipinski definition) is 5. The summed E-state index contributed by atoms with van der Waals surface area (Å²) in [7, 11) is 0. The first-order valence-corrected chi connectivity index (χ1v) is 9.58. The van der Waals surface area contributed by atoms with Crippen molar-refractivity contribution in [3.63, 3.8) is 0 Å². The molecule has 25 heavy (non-hydrogen) atoms. The van der Waals surface area contributed by atoms with Gasteiger partial charge in [-0.15, -0.1) is 11.8 Å². The summed E-state index contributed by atoms with van der Waals surface area (Å²) < 4.78 is 2.68. The van der Waals surface area contributed by atoms with E-state index in [0.717, 1.165) is 9.60 Å². The van der Waals surface area contributed by atoms with Gasteiger partial charge in [-0.05, 0) is 37.4 Å². The first kappa shape index (κ1) is 17.4. The molecule has 0 radical (unpaired) electrons. The number of rotatable bonds is 4. The minimum absolute atomic E-state index is 0.0260. The second-order valence-corrected chi connectivity index (χ2v) is 7.08. The number of amides is 1. The third-order valence-electron chi connectivity index (χ3n) is 3.71. The summed E-state index contributed by atoms with van der Waals surface area (Å²) >= 11 is 2.91. The molecule has 1 heterocycles. The van der Waals surface area contributed by atoms with Crippen LogP contribution in [-0.2, 0) is 6.54 Å². The van der Waals surface area contributed by atoms with Crippen LogP contribution >= 0.6 is 23.1 Å². The smallest absolute Gasteiger partial charge is 0.279 e. The van der Waals surface area contributed by atoms with Crippen LogP contribution < -0.4 is 4.80 Å². The van der Waals surface area contributed by atoms with Crippen molar-refractivity contribution in [2.45, 2.75) is 18.4 Å². The SMILES string of the molecule is CCn1c(=NC(=O)c2cccc(SC)c2)sc2ccc([N+](=O)[O-])cc21. The summed E-state index contributed by atoms with van der Waals surface area (Å²) in [5.41, 5.74) is 1.27. The van der Waals surface area contributed by atoms with E-state index >= 15 is 0 Å². The minimum Gasteiger partial charge on any atom is -0.316 e. The molecule has 0 fully saturated rings. The molecule has 1 amide bonds. The predicted molar refractivity (Wildman–Crippen MR) is 100 cm³/mol. The van der Waals surface area contributed by atoms with Gasteiger partial charge in [0.15, 0.2) is 4.80 Å². The van der Waals surface area contributed by atoms with Gasteiger partial charge in [-0.1, -0.05) is 17.4 Å². The van der Waals surface area contributed by atoms with Crippen LogP contribution in [0.3, 0.4) is 0 Å². The number of nitro groups is 1. The summed E-state index contributed by atoms with van der Waals surface area (Å²) in [4.78, 5) is 28.9. The average molecular weight is 373 g/mol. The van der Waals surface area contributed by atoms with Crippen LogP contribution in [-0.4, -0.2) is 21.7 Å². The third-order valence-corrected chi connectivity index (χ3v) is 5.49. The van der Waals surface area contributed by atoms with E-state index in [0.29, 0.717) is 22.4 Å². The van der Waals surface area contributed by atoms with Gasteiger partial charge in [0, 0.05) is 29.1 Å². The number of thiazole rings is 1. The number of carbonyl (C=O) groups is 1. The topological polar surface area (TPSA) is 77.5 Å². The van der Waals surface area contributed by atoms with E-state index in [1.54, 1.807) is 23.9 Å². The molecule has 0 saturated heterocycles. The molecule has 0 spiro atoms. The molecule has 3 aromatic rings. The largest absolute Gasteiger partial charge is 0.316 e. The van der Waals surface area contributed by atoms with Crippen molar-refractivity contribution in [2.75, 3.05) is 6.26 Å². The van der Waals surface area contributed by atoms with Crippen LogP contribution in [0.5, 0.6) is 0 Å². The zero-order chi connectivity index (χ0) is 18.0. The van der Waals surface area contributed by atoms with E-state index in [4.69, 9.17) is 0 Å². The van der Waals surface area contributed by atoms with Gasteiger partial charge in [0.25, 0.3) is 11.6 Å². The number of benzene rings is 2. The Morgan fingerprint density at radius 2 is 2.12 bits per heavy atom. The summed E-state index contributed by atoms with van der Waals surface area (Å²) in [6, 6.07) is 12.0. The fraction of sp³-hybridized carbons (Fsp3) is 0.176. The quantitative estimate of drug-likeness (QED) is 0.392. The van der Waals surface area contributed by atoms with E-state index in [9.17, 15) is 14.9 Å². The highest BCUT2D eigenvalue weighted by Gasteiger charge is 2.12. The molecule has 0 N–H and O–H groups in total. The van der Waals surface area contributed by atoms with Crippen LogP contribution in [0.1, 0.15) is 17.3 Å². The van der Waals surface area contributed by atoms with Gasteiger partial charge < -0.3 is 4.57 Å². The molecule has 0 aliphatic rings. The Morgan fingerprint density at radius 3 is 2.80 bits per heavy atom. The van der Waals surface area contributed by atoms with Gasteiger partial charge in [-0.2, -0.15) is 4.99 Å². The number of thioether (sulfide) groups is 1. The number of carbonyl (C=O) groups excluding carboxylic acids is 1. The zero-order valence-electron chi connectivity index (χ0n) is 13.6. The van der Waals surface area contributed by atoms with Crippen molar-refractivity contribution < 1.29 is 9.72 Å². The van der Waals surface area contributed by atoms with E-state index in [1.165, 1.54) is 23.5 Å². The molecule has 8 heteroatoms. The van der Waals surface area contributed by atoms with Crippen molar-refractivity contribution >= 4 is 44.9 Å². The maximum Gasteiger partial charge on any atom is 0.279 e. The van der Waals surface area contributed by atoms with Gasteiger partial charge in [0.05, 0.1) is 15.1 Å². The number of nitro benzene ring substituents is 1. The number of fused-ring (bicyclic) bond motifs is 1. The van der Waals surface area contributed by atoms with Crippen LogP contribution in [0.4, 0.5) is 5.69 Å². The predicted octanol–water partition coefficient (Wildman–Crippen LogP) is 4.09. The highest BCUT2D eigenvalue weighted by molar-refractivity contribution is 7.98. The molecule has 0 aliphatic carbocycles. The molecule has 0 saturated carbocycles. The highest BCUT2D eigenvalue weighted by atomic mass is 32.2. The summed E-state index contributed by atoms with van der Waals surface area (Å²) in [5, 5.41) is 11.0. The van der Waals surface area contributed by atoms with Crippen LogP contribution in [0.2, 0.25) is 0 Å². The number of non-ortho nitro benzene ring substituents is 1. The Labute approximate surface area is 152 Å². The van der Waals surface area contributed by atoms with Crippen molar-refractivity contribution in [1.82, 2.24) is 4.57 Å². The molecule has 2 aromatic carbocycles. The Hall–Kier alpha value is -2.45. The summed E-state index contributed by atoms with van der Waals surface area (Å²) in [6.07, 6.45) is 1.95. The lowest BCUT2D eigenvalue weighted by molar-refractivity contribution is -0.384. The average Bonchev–Trinajstić information content (AvgIpc) is 2.97. The molecule has 1 aromatic heterocycles. The monoisotopic (exact) mass is 373 g/mol. The molecule has 3 rings (SSSR count). The Kier molecular flexibility index (Phi) is 5.00. The Bertz CT molecular complexity index is 1040. The van der Waals surface area contributed by atoms with Crippen molar-refractivity contribution in [2.24, 2.45) is 4.99 Å². The maximum absolute atomic E-state index is 12.5. The third kappa shape index (κ3) is 3.49. The number of aryl methyl sites for hydroxylation is 1.